The van der Waals surface area contributed by atoms with Crippen molar-refractivity contribution in [3.05, 3.63) is 59.7 Å². The van der Waals surface area contributed by atoms with Gasteiger partial charge in [0.05, 0.1) is 5.56 Å². The van der Waals surface area contributed by atoms with E-state index in [0.717, 1.165) is 18.2 Å². The van der Waals surface area contributed by atoms with Crippen molar-refractivity contribution < 1.29 is 23.5 Å². The normalized spacial score (nSPS) is 11.1. The van der Waals surface area contributed by atoms with Crippen LogP contribution in [0.15, 0.2) is 47.0 Å². The van der Waals surface area contributed by atoms with Gasteiger partial charge in [0.2, 0.25) is 5.82 Å². The van der Waals surface area contributed by atoms with Crippen LogP contribution in [-0.2, 0) is 0 Å². The Kier molecular flexibility index (Phi) is 3.66. The molecule has 0 bridgehead atoms. The van der Waals surface area contributed by atoms with Crippen molar-refractivity contribution in [2.24, 2.45) is 0 Å². The Balaban J connectivity index is 2.00. The van der Waals surface area contributed by atoms with Gasteiger partial charge >= 0.3 is 0 Å². The fraction of sp³-hybridized carbons (Fsp3) is 0.0667. The van der Waals surface area contributed by atoms with Crippen molar-refractivity contribution in [3.8, 4) is 22.8 Å². The molecule has 5 nitrogen and oxygen atoms in total. The van der Waals surface area contributed by atoms with Crippen LogP contribution in [0.4, 0.5) is 8.78 Å². The SMILES string of the molecule is OC(O)c1cccc(-c2noc(-c3cc(F)ccc3F)n2)c1. The van der Waals surface area contributed by atoms with Gasteiger partial charge in [0, 0.05) is 11.1 Å². The Bertz CT molecular complexity index is 818. The van der Waals surface area contributed by atoms with Crippen molar-refractivity contribution in [1.29, 1.82) is 0 Å². The fourth-order valence-corrected chi connectivity index (χ4v) is 1.95. The first-order valence-corrected chi connectivity index (χ1v) is 6.30. The van der Waals surface area contributed by atoms with E-state index in [9.17, 15) is 8.78 Å². The molecule has 0 aliphatic heterocycles. The van der Waals surface area contributed by atoms with E-state index in [2.05, 4.69) is 10.1 Å². The minimum absolute atomic E-state index is 0.126. The molecular formula is C15H10F2N2O3. The maximum absolute atomic E-state index is 13.7. The summed E-state index contributed by atoms with van der Waals surface area (Å²) in [5.41, 5.74) is 0.565. The van der Waals surface area contributed by atoms with Crippen LogP contribution >= 0.6 is 0 Å². The molecule has 3 aromatic rings. The van der Waals surface area contributed by atoms with Crippen molar-refractivity contribution in [2.45, 2.75) is 6.29 Å². The van der Waals surface area contributed by atoms with Gasteiger partial charge in [-0.05, 0) is 24.3 Å². The number of hydrogen-bond acceptors (Lipinski definition) is 5. The predicted molar refractivity (Wildman–Crippen MR) is 72.3 cm³/mol. The first-order valence-electron chi connectivity index (χ1n) is 6.30. The maximum atomic E-state index is 13.7. The van der Waals surface area contributed by atoms with Crippen LogP contribution in [0, 0.1) is 11.6 Å². The van der Waals surface area contributed by atoms with Crippen molar-refractivity contribution in [1.82, 2.24) is 10.1 Å². The Labute approximate surface area is 123 Å². The summed E-state index contributed by atoms with van der Waals surface area (Å²) < 4.78 is 31.8. The summed E-state index contributed by atoms with van der Waals surface area (Å²) in [6.07, 6.45) is -1.63. The summed E-state index contributed by atoms with van der Waals surface area (Å²) in [5.74, 6) is -1.35. The quantitative estimate of drug-likeness (QED) is 0.727. The van der Waals surface area contributed by atoms with Gasteiger partial charge in [-0.1, -0.05) is 23.4 Å². The standard InChI is InChI=1S/C15H10F2N2O3/c16-10-4-5-12(17)11(7-10)14-18-13(19-22-14)8-2-1-3-9(6-8)15(20)21/h1-7,15,20-21H. The van der Waals surface area contributed by atoms with E-state index < -0.39 is 17.9 Å². The van der Waals surface area contributed by atoms with Crippen LogP contribution in [0.25, 0.3) is 22.8 Å². The Hall–Kier alpha value is -2.64. The lowest BCUT2D eigenvalue weighted by molar-refractivity contribution is -0.0424. The maximum Gasteiger partial charge on any atom is 0.261 e. The summed E-state index contributed by atoms with van der Waals surface area (Å²) in [4.78, 5) is 4.01. The van der Waals surface area contributed by atoms with Gasteiger partial charge in [-0.15, -0.1) is 0 Å². The first kappa shape index (κ1) is 14.3. The second-order valence-electron chi connectivity index (χ2n) is 4.55. The third-order valence-electron chi connectivity index (χ3n) is 3.03. The van der Waals surface area contributed by atoms with Gasteiger partial charge in [0.15, 0.2) is 6.29 Å². The number of rotatable bonds is 3. The zero-order valence-corrected chi connectivity index (χ0v) is 11.1. The predicted octanol–water partition coefficient (Wildman–Crippen LogP) is 2.67. The second kappa shape index (κ2) is 5.63. The number of benzene rings is 2. The van der Waals surface area contributed by atoms with E-state index in [-0.39, 0.29) is 22.8 Å². The van der Waals surface area contributed by atoms with Crippen molar-refractivity contribution in [3.63, 3.8) is 0 Å². The van der Waals surface area contributed by atoms with E-state index >= 15 is 0 Å². The lowest BCUT2D eigenvalue weighted by Crippen LogP contribution is -1.95. The van der Waals surface area contributed by atoms with Crippen LogP contribution in [0.5, 0.6) is 0 Å². The molecule has 1 aromatic heterocycles. The zero-order chi connectivity index (χ0) is 15.7. The Morgan fingerprint density at radius 1 is 1.05 bits per heavy atom. The summed E-state index contributed by atoms with van der Waals surface area (Å²) in [6, 6.07) is 9.11. The molecule has 0 unspecified atom stereocenters. The third kappa shape index (κ3) is 2.72. The highest BCUT2D eigenvalue weighted by Gasteiger charge is 2.16. The Morgan fingerprint density at radius 3 is 2.64 bits per heavy atom. The van der Waals surface area contributed by atoms with Gasteiger partial charge in [-0.25, -0.2) is 8.78 Å². The van der Waals surface area contributed by atoms with E-state index in [1.807, 2.05) is 0 Å². The zero-order valence-electron chi connectivity index (χ0n) is 11.1. The van der Waals surface area contributed by atoms with Gasteiger partial charge in [-0.3, -0.25) is 0 Å². The smallest absolute Gasteiger partial charge is 0.261 e. The minimum atomic E-state index is -1.63. The van der Waals surface area contributed by atoms with E-state index in [4.69, 9.17) is 14.7 Å². The van der Waals surface area contributed by atoms with Gasteiger partial charge in [0.25, 0.3) is 5.89 Å². The van der Waals surface area contributed by atoms with Crippen LogP contribution in [-0.4, -0.2) is 20.4 Å². The molecule has 22 heavy (non-hydrogen) atoms. The average Bonchev–Trinajstić information content (AvgIpc) is 2.99. The summed E-state index contributed by atoms with van der Waals surface area (Å²) in [6.45, 7) is 0. The molecule has 3 rings (SSSR count). The number of nitrogens with zero attached hydrogens (tertiary/aromatic N) is 2. The number of aliphatic hydroxyl groups excluding tert-OH is 1. The lowest BCUT2D eigenvalue weighted by Gasteiger charge is -2.03. The molecule has 2 aromatic carbocycles. The van der Waals surface area contributed by atoms with Crippen LogP contribution in [0.3, 0.4) is 0 Å². The molecule has 2 N–H and O–H groups in total. The molecule has 0 spiro atoms. The topological polar surface area (TPSA) is 79.4 Å². The molecule has 0 amide bonds. The van der Waals surface area contributed by atoms with E-state index in [1.54, 1.807) is 12.1 Å². The van der Waals surface area contributed by atoms with Gasteiger partial charge in [0.1, 0.15) is 11.6 Å². The number of hydrogen-bond donors (Lipinski definition) is 2. The van der Waals surface area contributed by atoms with E-state index in [1.165, 1.54) is 12.1 Å². The highest BCUT2D eigenvalue weighted by atomic mass is 19.1. The van der Waals surface area contributed by atoms with E-state index in [0.29, 0.717) is 5.56 Å². The molecule has 0 radical (unpaired) electrons. The number of halogens is 2. The summed E-state index contributed by atoms with van der Waals surface area (Å²) in [5, 5.41) is 22.0. The molecule has 0 saturated carbocycles. The minimum Gasteiger partial charge on any atom is -0.364 e. The Morgan fingerprint density at radius 2 is 1.86 bits per heavy atom. The molecule has 112 valence electrons. The van der Waals surface area contributed by atoms with Crippen molar-refractivity contribution in [2.75, 3.05) is 0 Å². The molecule has 0 saturated heterocycles. The molecule has 7 heteroatoms. The monoisotopic (exact) mass is 304 g/mol. The highest BCUT2D eigenvalue weighted by molar-refractivity contribution is 5.60. The van der Waals surface area contributed by atoms with Crippen LogP contribution in [0.1, 0.15) is 11.9 Å². The van der Waals surface area contributed by atoms with Crippen molar-refractivity contribution >= 4 is 0 Å². The third-order valence-corrected chi connectivity index (χ3v) is 3.03. The fourth-order valence-electron chi connectivity index (χ4n) is 1.95. The molecule has 0 fully saturated rings. The first-order chi connectivity index (χ1) is 10.5. The molecule has 0 atom stereocenters. The van der Waals surface area contributed by atoms with Gasteiger partial charge < -0.3 is 14.7 Å². The molecular weight excluding hydrogens is 294 g/mol. The average molecular weight is 304 g/mol. The summed E-state index contributed by atoms with van der Waals surface area (Å²) in [7, 11) is 0. The summed E-state index contributed by atoms with van der Waals surface area (Å²) >= 11 is 0. The molecule has 1 heterocycles. The largest absolute Gasteiger partial charge is 0.364 e. The highest BCUT2D eigenvalue weighted by Crippen LogP contribution is 2.26. The molecule has 0 aliphatic carbocycles. The second-order valence-corrected chi connectivity index (χ2v) is 4.55. The number of aromatic nitrogens is 2. The molecule has 0 aliphatic rings. The number of aliphatic hydroxyl groups is 2. The lowest BCUT2D eigenvalue weighted by atomic mass is 10.1. The van der Waals surface area contributed by atoms with Crippen LogP contribution in [0.2, 0.25) is 0 Å². The van der Waals surface area contributed by atoms with Crippen LogP contribution < -0.4 is 0 Å². The van der Waals surface area contributed by atoms with Gasteiger partial charge in [-0.2, -0.15) is 4.98 Å².